The smallest absolute Gasteiger partial charge is 0.0758 e. The molecular formula is C16H20Br2N2S. The summed E-state index contributed by atoms with van der Waals surface area (Å²) in [5.41, 5.74) is 3.73. The summed E-state index contributed by atoms with van der Waals surface area (Å²) in [5.74, 6) is 0. The molecule has 2 aromatic rings. The van der Waals surface area contributed by atoms with Gasteiger partial charge in [0.2, 0.25) is 0 Å². The molecule has 2 rings (SSSR count). The molecule has 1 unspecified atom stereocenters. The fourth-order valence-corrected chi connectivity index (χ4v) is 5.17. The Hall–Kier alpha value is -0.230. The van der Waals surface area contributed by atoms with E-state index >= 15 is 0 Å². The fourth-order valence-electron chi connectivity index (χ4n) is 2.20. The molecule has 0 aliphatic heterocycles. The average molecular weight is 432 g/mol. The highest BCUT2D eigenvalue weighted by atomic mass is 79.9. The van der Waals surface area contributed by atoms with Crippen molar-refractivity contribution in [1.82, 2.24) is 10.3 Å². The number of aromatic nitrogens is 1. The molecule has 1 N–H and O–H groups in total. The van der Waals surface area contributed by atoms with Crippen LogP contribution in [0.1, 0.15) is 43.1 Å². The summed E-state index contributed by atoms with van der Waals surface area (Å²) in [6.07, 6.45) is 5.06. The van der Waals surface area contributed by atoms with Crippen LogP contribution in [0.5, 0.6) is 0 Å². The molecule has 0 bridgehead atoms. The summed E-state index contributed by atoms with van der Waals surface area (Å²) >= 11 is 8.96. The number of rotatable bonds is 7. The van der Waals surface area contributed by atoms with Gasteiger partial charge in [-0.25, -0.2) is 0 Å². The van der Waals surface area contributed by atoms with Gasteiger partial charge in [-0.2, -0.15) is 0 Å². The van der Waals surface area contributed by atoms with E-state index in [-0.39, 0.29) is 0 Å². The molecule has 0 saturated carbocycles. The van der Waals surface area contributed by atoms with Crippen LogP contribution < -0.4 is 5.32 Å². The first-order valence-electron chi connectivity index (χ1n) is 7.26. The highest BCUT2D eigenvalue weighted by molar-refractivity contribution is 9.12. The number of thiophene rings is 1. The molecule has 1 atom stereocenters. The summed E-state index contributed by atoms with van der Waals surface area (Å²) in [7, 11) is 0. The highest BCUT2D eigenvalue weighted by Gasteiger charge is 2.17. The van der Waals surface area contributed by atoms with E-state index < -0.39 is 0 Å². The molecule has 21 heavy (non-hydrogen) atoms. The Labute approximate surface area is 147 Å². The van der Waals surface area contributed by atoms with E-state index in [2.05, 4.69) is 74.2 Å². The molecule has 0 aromatic carbocycles. The minimum absolute atomic E-state index is 0.293. The Morgan fingerprint density at radius 3 is 2.62 bits per heavy atom. The molecule has 0 aliphatic rings. The molecular weight excluding hydrogens is 412 g/mol. The lowest BCUT2D eigenvalue weighted by molar-refractivity contribution is 0.524. The van der Waals surface area contributed by atoms with Gasteiger partial charge in [-0.15, -0.1) is 11.3 Å². The number of aryl methyl sites for hydroxylation is 1. The molecule has 0 amide bonds. The SMILES string of the molecule is CCCNC(Cc1ccc(CC)cn1)c1cc(Br)sc1Br. The van der Waals surface area contributed by atoms with Crippen molar-refractivity contribution in [3.8, 4) is 0 Å². The second-order valence-electron chi connectivity index (χ2n) is 5.00. The predicted octanol–water partition coefficient (Wildman–Crippen LogP) is 5.51. The number of halogens is 2. The summed E-state index contributed by atoms with van der Waals surface area (Å²) < 4.78 is 2.34. The van der Waals surface area contributed by atoms with E-state index in [0.29, 0.717) is 6.04 Å². The number of hydrogen-bond acceptors (Lipinski definition) is 3. The largest absolute Gasteiger partial charge is 0.310 e. The monoisotopic (exact) mass is 430 g/mol. The van der Waals surface area contributed by atoms with Crippen LogP contribution >= 0.6 is 43.2 Å². The van der Waals surface area contributed by atoms with Crippen LogP contribution in [-0.4, -0.2) is 11.5 Å². The van der Waals surface area contributed by atoms with Crippen molar-refractivity contribution < 1.29 is 0 Å². The molecule has 2 aromatic heterocycles. The number of nitrogens with one attached hydrogen (secondary N) is 1. The zero-order valence-electron chi connectivity index (χ0n) is 12.3. The summed E-state index contributed by atoms with van der Waals surface area (Å²) in [6.45, 7) is 5.36. The molecule has 2 nitrogen and oxygen atoms in total. The summed E-state index contributed by atoms with van der Waals surface area (Å²) in [4.78, 5) is 4.60. The third-order valence-electron chi connectivity index (χ3n) is 3.41. The predicted molar refractivity (Wildman–Crippen MR) is 98.1 cm³/mol. The molecule has 0 saturated heterocycles. The third kappa shape index (κ3) is 4.88. The van der Waals surface area contributed by atoms with Crippen LogP contribution in [-0.2, 0) is 12.8 Å². The first-order valence-corrected chi connectivity index (χ1v) is 9.66. The van der Waals surface area contributed by atoms with Crippen LogP contribution in [0.25, 0.3) is 0 Å². The van der Waals surface area contributed by atoms with E-state index in [9.17, 15) is 0 Å². The van der Waals surface area contributed by atoms with Gasteiger partial charge in [0.05, 0.1) is 7.57 Å². The molecule has 0 spiro atoms. The van der Waals surface area contributed by atoms with Gasteiger partial charge in [0.25, 0.3) is 0 Å². The van der Waals surface area contributed by atoms with Crippen molar-refractivity contribution in [3.05, 3.63) is 48.8 Å². The van der Waals surface area contributed by atoms with Gasteiger partial charge >= 0.3 is 0 Å². The van der Waals surface area contributed by atoms with E-state index in [1.165, 1.54) is 14.9 Å². The lowest BCUT2D eigenvalue weighted by Crippen LogP contribution is -2.24. The van der Waals surface area contributed by atoms with Crippen LogP contribution in [0.15, 0.2) is 32.0 Å². The molecule has 114 valence electrons. The number of hydrogen-bond donors (Lipinski definition) is 1. The molecule has 2 heterocycles. The first kappa shape index (κ1) is 17.1. The fraction of sp³-hybridized carbons (Fsp3) is 0.438. The summed E-state index contributed by atoms with van der Waals surface area (Å²) in [6, 6.07) is 6.82. The Kier molecular flexibility index (Phi) is 6.86. The van der Waals surface area contributed by atoms with Crippen LogP contribution in [0.2, 0.25) is 0 Å². The van der Waals surface area contributed by atoms with Crippen molar-refractivity contribution in [1.29, 1.82) is 0 Å². The first-order chi connectivity index (χ1) is 10.1. The van der Waals surface area contributed by atoms with Crippen molar-refractivity contribution in [2.24, 2.45) is 0 Å². The van der Waals surface area contributed by atoms with E-state index in [0.717, 1.165) is 35.3 Å². The van der Waals surface area contributed by atoms with Crippen LogP contribution in [0.3, 0.4) is 0 Å². The van der Waals surface area contributed by atoms with Gasteiger partial charge in [0.15, 0.2) is 0 Å². The Balaban J connectivity index is 2.17. The van der Waals surface area contributed by atoms with E-state index in [1.54, 1.807) is 11.3 Å². The third-order valence-corrected chi connectivity index (χ3v) is 5.79. The Bertz CT molecular complexity index is 566. The normalized spacial score (nSPS) is 12.6. The minimum atomic E-state index is 0.293. The maximum absolute atomic E-state index is 4.60. The maximum Gasteiger partial charge on any atom is 0.0758 e. The van der Waals surface area contributed by atoms with Gasteiger partial charge in [-0.05, 0) is 74.5 Å². The van der Waals surface area contributed by atoms with Crippen molar-refractivity contribution in [2.45, 2.75) is 39.2 Å². The van der Waals surface area contributed by atoms with Crippen molar-refractivity contribution in [3.63, 3.8) is 0 Å². The van der Waals surface area contributed by atoms with Gasteiger partial charge in [-0.1, -0.05) is 19.9 Å². The Morgan fingerprint density at radius 2 is 2.10 bits per heavy atom. The van der Waals surface area contributed by atoms with Gasteiger partial charge in [0.1, 0.15) is 0 Å². The summed E-state index contributed by atoms with van der Waals surface area (Å²) in [5, 5.41) is 3.63. The zero-order valence-corrected chi connectivity index (χ0v) is 16.3. The molecule has 5 heteroatoms. The lowest BCUT2D eigenvalue weighted by atomic mass is 10.0. The van der Waals surface area contributed by atoms with Crippen LogP contribution in [0.4, 0.5) is 0 Å². The lowest BCUT2D eigenvalue weighted by Gasteiger charge is -2.18. The standard InChI is InChI=1S/C16H20Br2N2S/c1-3-7-19-14(13-9-15(17)21-16(13)18)8-12-6-5-11(4-2)10-20-12/h5-6,9-10,14,19H,3-4,7-8H2,1-2H3. The van der Waals surface area contributed by atoms with Gasteiger partial charge < -0.3 is 5.32 Å². The Morgan fingerprint density at radius 1 is 1.29 bits per heavy atom. The number of pyridine rings is 1. The average Bonchev–Trinajstić information content (AvgIpc) is 2.83. The van der Waals surface area contributed by atoms with Crippen molar-refractivity contribution >= 4 is 43.2 Å². The van der Waals surface area contributed by atoms with E-state index in [1.807, 2.05) is 6.20 Å². The maximum atomic E-state index is 4.60. The van der Waals surface area contributed by atoms with Crippen molar-refractivity contribution in [2.75, 3.05) is 6.54 Å². The second kappa shape index (κ2) is 8.42. The van der Waals surface area contributed by atoms with E-state index in [4.69, 9.17) is 0 Å². The quantitative estimate of drug-likeness (QED) is 0.624. The van der Waals surface area contributed by atoms with Crippen LogP contribution in [0, 0.1) is 0 Å². The van der Waals surface area contributed by atoms with Gasteiger partial charge in [-0.3, -0.25) is 4.98 Å². The highest BCUT2D eigenvalue weighted by Crippen LogP contribution is 2.36. The number of nitrogens with zero attached hydrogens (tertiary/aromatic N) is 1. The molecule has 0 radical (unpaired) electrons. The minimum Gasteiger partial charge on any atom is -0.310 e. The second-order valence-corrected chi connectivity index (χ2v) is 8.75. The topological polar surface area (TPSA) is 24.9 Å². The zero-order chi connectivity index (χ0) is 15.2. The van der Waals surface area contributed by atoms with Gasteiger partial charge in [0, 0.05) is 24.4 Å². The molecule has 0 fully saturated rings. The molecule has 0 aliphatic carbocycles.